The minimum atomic E-state index is -2.82. The lowest BCUT2D eigenvalue weighted by molar-refractivity contribution is -0.0286. The number of halogens is 2. The Bertz CT molecular complexity index is 375. The molecule has 1 saturated heterocycles. The maximum atomic E-state index is 14.1. The summed E-state index contributed by atoms with van der Waals surface area (Å²) in [7, 11) is 1.42. The first kappa shape index (κ1) is 12.3. The van der Waals surface area contributed by atoms with Crippen LogP contribution in [0.25, 0.3) is 0 Å². The van der Waals surface area contributed by atoms with Crippen LogP contribution in [0, 0.1) is 5.92 Å². The van der Waals surface area contributed by atoms with Gasteiger partial charge in [0.1, 0.15) is 5.75 Å². The number of hydrogen-bond donors (Lipinski definition) is 1. The first-order valence-corrected chi connectivity index (χ1v) is 5.85. The molecular weight excluding hydrogens is 224 g/mol. The third-order valence-corrected chi connectivity index (χ3v) is 3.21. The van der Waals surface area contributed by atoms with Crippen molar-refractivity contribution >= 4 is 0 Å². The Morgan fingerprint density at radius 2 is 2.18 bits per heavy atom. The monoisotopic (exact) mass is 241 g/mol. The molecule has 1 heterocycles. The third kappa shape index (κ3) is 2.75. The van der Waals surface area contributed by atoms with Crippen molar-refractivity contribution in [2.45, 2.75) is 18.8 Å². The molecular formula is C13H17F2NO. The molecule has 1 unspecified atom stereocenters. The highest BCUT2D eigenvalue weighted by molar-refractivity contribution is 5.36. The van der Waals surface area contributed by atoms with Crippen LogP contribution >= 0.6 is 0 Å². The number of methoxy groups -OCH3 is 1. The summed E-state index contributed by atoms with van der Waals surface area (Å²) in [4.78, 5) is 0. The second-order valence-electron chi connectivity index (χ2n) is 4.47. The van der Waals surface area contributed by atoms with Crippen LogP contribution in [0.1, 0.15) is 18.4 Å². The molecule has 1 atom stereocenters. The van der Waals surface area contributed by atoms with Crippen molar-refractivity contribution in [1.29, 1.82) is 0 Å². The van der Waals surface area contributed by atoms with Gasteiger partial charge in [0.25, 0.3) is 5.92 Å². The second-order valence-corrected chi connectivity index (χ2v) is 4.47. The van der Waals surface area contributed by atoms with Crippen LogP contribution in [0.15, 0.2) is 24.3 Å². The molecule has 17 heavy (non-hydrogen) atoms. The maximum absolute atomic E-state index is 14.1. The van der Waals surface area contributed by atoms with Crippen LogP contribution in [-0.2, 0) is 5.92 Å². The standard InChI is InChI=1S/C13H17F2NO/c1-17-12-5-3-2-4-11(12)13(14,15)8-10-6-7-16-9-10/h2-5,10,16H,6-9H2,1H3. The van der Waals surface area contributed by atoms with Crippen LogP contribution < -0.4 is 10.1 Å². The van der Waals surface area contributed by atoms with Gasteiger partial charge in [-0.25, -0.2) is 8.78 Å². The Hall–Kier alpha value is -1.16. The minimum Gasteiger partial charge on any atom is -0.496 e. The highest BCUT2D eigenvalue weighted by Gasteiger charge is 2.37. The summed E-state index contributed by atoms with van der Waals surface area (Å²) in [5, 5.41) is 3.11. The molecule has 1 fully saturated rings. The number of rotatable bonds is 4. The van der Waals surface area contributed by atoms with Gasteiger partial charge < -0.3 is 10.1 Å². The van der Waals surface area contributed by atoms with Crippen LogP contribution in [-0.4, -0.2) is 20.2 Å². The fourth-order valence-corrected chi connectivity index (χ4v) is 2.31. The predicted octanol–water partition coefficient (Wildman–Crippen LogP) is 2.79. The van der Waals surface area contributed by atoms with Crippen molar-refractivity contribution in [3.05, 3.63) is 29.8 Å². The maximum Gasteiger partial charge on any atom is 0.277 e. The summed E-state index contributed by atoms with van der Waals surface area (Å²) < 4.78 is 33.3. The summed E-state index contributed by atoms with van der Waals surface area (Å²) in [6, 6.07) is 6.35. The Labute approximate surface area is 100.0 Å². The normalized spacial score (nSPS) is 20.5. The zero-order valence-electron chi connectivity index (χ0n) is 9.88. The van der Waals surface area contributed by atoms with E-state index >= 15 is 0 Å². The number of para-hydroxylation sites is 1. The van der Waals surface area contributed by atoms with Crippen LogP contribution in [0.5, 0.6) is 5.75 Å². The highest BCUT2D eigenvalue weighted by atomic mass is 19.3. The molecule has 1 N–H and O–H groups in total. The summed E-state index contributed by atoms with van der Waals surface area (Å²) in [5.74, 6) is -2.50. The lowest BCUT2D eigenvalue weighted by atomic mass is 9.95. The topological polar surface area (TPSA) is 21.3 Å². The largest absolute Gasteiger partial charge is 0.496 e. The molecule has 2 rings (SSSR count). The summed E-state index contributed by atoms with van der Waals surface area (Å²) in [6.45, 7) is 1.53. The average Bonchev–Trinajstić information content (AvgIpc) is 2.81. The summed E-state index contributed by atoms with van der Waals surface area (Å²) in [6.07, 6.45) is 0.713. The Morgan fingerprint density at radius 3 is 2.82 bits per heavy atom. The zero-order valence-corrected chi connectivity index (χ0v) is 9.88. The molecule has 0 spiro atoms. The summed E-state index contributed by atoms with van der Waals surface area (Å²) in [5.41, 5.74) is -0.00519. The second kappa shape index (κ2) is 5.00. The van der Waals surface area contributed by atoms with Crippen LogP contribution in [0.3, 0.4) is 0 Å². The quantitative estimate of drug-likeness (QED) is 0.875. The van der Waals surface area contributed by atoms with Gasteiger partial charge in [0, 0.05) is 6.42 Å². The molecule has 1 aliphatic heterocycles. The van der Waals surface area contributed by atoms with E-state index in [2.05, 4.69) is 5.32 Å². The molecule has 1 aromatic rings. The first-order valence-electron chi connectivity index (χ1n) is 5.85. The first-order chi connectivity index (χ1) is 8.13. The Kier molecular flexibility index (Phi) is 3.62. The van der Waals surface area contributed by atoms with Crippen molar-refractivity contribution in [3.8, 4) is 5.75 Å². The average molecular weight is 241 g/mol. The number of nitrogens with one attached hydrogen (secondary N) is 1. The molecule has 94 valence electrons. The molecule has 0 bridgehead atoms. The third-order valence-electron chi connectivity index (χ3n) is 3.21. The van der Waals surface area contributed by atoms with E-state index in [0.29, 0.717) is 6.54 Å². The van der Waals surface area contributed by atoms with Crippen molar-refractivity contribution < 1.29 is 13.5 Å². The molecule has 1 aliphatic rings. The lowest BCUT2D eigenvalue weighted by Gasteiger charge is -2.22. The SMILES string of the molecule is COc1ccccc1C(F)(F)CC1CCNC1. The van der Waals surface area contributed by atoms with E-state index in [0.717, 1.165) is 13.0 Å². The molecule has 0 amide bonds. The van der Waals surface area contributed by atoms with E-state index < -0.39 is 5.92 Å². The number of ether oxygens (including phenoxy) is 1. The zero-order chi connectivity index (χ0) is 12.3. The molecule has 0 radical (unpaired) electrons. The van der Waals surface area contributed by atoms with Crippen molar-refractivity contribution in [3.63, 3.8) is 0 Å². The highest BCUT2D eigenvalue weighted by Crippen LogP contribution is 2.40. The number of hydrogen-bond acceptors (Lipinski definition) is 2. The summed E-state index contributed by atoms with van der Waals surface area (Å²) >= 11 is 0. The fraction of sp³-hybridized carbons (Fsp3) is 0.538. The predicted molar refractivity (Wildman–Crippen MR) is 62.5 cm³/mol. The smallest absolute Gasteiger partial charge is 0.277 e. The van der Waals surface area contributed by atoms with E-state index in [1.807, 2.05) is 0 Å². The molecule has 4 heteroatoms. The van der Waals surface area contributed by atoms with Crippen molar-refractivity contribution in [2.75, 3.05) is 20.2 Å². The minimum absolute atomic E-state index is 0.00519. The van der Waals surface area contributed by atoms with Crippen LogP contribution in [0.4, 0.5) is 8.78 Å². The number of benzene rings is 1. The van der Waals surface area contributed by atoms with E-state index in [9.17, 15) is 8.78 Å². The molecule has 1 aromatic carbocycles. The Balaban J connectivity index is 2.17. The van der Waals surface area contributed by atoms with Gasteiger partial charge in [-0.1, -0.05) is 12.1 Å². The Morgan fingerprint density at radius 1 is 1.41 bits per heavy atom. The van der Waals surface area contributed by atoms with E-state index in [1.165, 1.54) is 13.2 Å². The van der Waals surface area contributed by atoms with Gasteiger partial charge in [-0.05, 0) is 37.6 Å². The van der Waals surface area contributed by atoms with Crippen molar-refractivity contribution in [2.24, 2.45) is 5.92 Å². The van der Waals surface area contributed by atoms with Gasteiger partial charge in [0.05, 0.1) is 12.7 Å². The van der Waals surface area contributed by atoms with Gasteiger partial charge >= 0.3 is 0 Å². The van der Waals surface area contributed by atoms with Gasteiger partial charge in [0.2, 0.25) is 0 Å². The molecule has 0 aliphatic carbocycles. The van der Waals surface area contributed by atoms with Gasteiger partial charge in [-0.2, -0.15) is 0 Å². The molecule has 0 saturated carbocycles. The fourth-order valence-electron chi connectivity index (χ4n) is 2.31. The van der Waals surface area contributed by atoms with Crippen molar-refractivity contribution in [1.82, 2.24) is 5.32 Å². The molecule has 0 aromatic heterocycles. The van der Waals surface area contributed by atoms with Gasteiger partial charge in [0.15, 0.2) is 0 Å². The van der Waals surface area contributed by atoms with Gasteiger partial charge in [-0.3, -0.25) is 0 Å². The van der Waals surface area contributed by atoms with Gasteiger partial charge in [-0.15, -0.1) is 0 Å². The van der Waals surface area contributed by atoms with Crippen LogP contribution in [0.2, 0.25) is 0 Å². The lowest BCUT2D eigenvalue weighted by Crippen LogP contribution is -2.21. The molecule has 2 nitrogen and oxygen atoms in total. The van der Waals surface area contributed by atoms with E-state index in [-0.39, 0.29) is 23.7 Å². The van der Waals surface area contributed by atoms with E-state index in [4.69, 9.17) is 4.74 Å². The van der Waals surface area contributed by atoms with E-state index in [1.54, 1.807) is 18.2 Å². The number of alkyl halides is 2.